The number of H-pyrrole nitrogens is 1. The number of furan rings is 1. The second kappa shape index (κ2) is 5.47. The van der Waals surface area contributed by atoms with E-state index < -0.39 is 9.84 Å². The molecule has 2 aliphatic heterocycles. The van der Waals surface area contributed by atoms with E-state index in [9.17, 15) is 8.42 Å². The highest BCUT2D eigenvalue weighted by molar-refractivity contribution is 7.91. The van der Waals surface area contributed by atoms with Gasteiger partial charge in [-0.1, -0.05) is 0 Å². The molecular formula is C15H20N4O3S. The van der Waals surface area contributed by atoms with Gasteiger partial charge in [-0.05, 0) is 25.2 Å². The molecule has 0 spiro atoms. The molecule has 2 aromatic rings. The minimum Gasteiger partial charge on any atom is -0.458 e. The molecule has 0 aliphatic carbocycles. The predicted octanol–water partition coefficient (Wildman–Crippen LogP) is 0.583. The van der Waals surface area contributed by atoms with E-state index in [2.05, 4.69) is 20.0 Å². The Labute approximate surface area is 135 Å². The van der Waals surface area contributed by atoms with Crippen LogP contribution in [0.1, 0.15) is 5.76 Å². The van der Waals surface area contributed by atoms with Gasteiger partial charge in [0, 0.05) is 31.4 Å². The SMILES string of the molecule is CN1CCN(Cc2ccc(-c3ccn[nH]3)o2)[C@H]2CS(=O)(=O)C[C@H]21. The molecule has 2 fully saturated rings. The van der Waals surface area contributed by atoms with Crippen molar-refractivity contribution in [2.75, 3.05) is 31.6 Å². The number of aromatic amines is 1. The molecule has 0 amide bonds. The monoisotopic (exact) mass is 336 g/mol. The van der Waals surface area contributed by atoms with Crippen LogP contribution in [0.2, 0.25) is 0 Å². The van der Waals surface area contributed by atoms with Gasteiger partial charge in [0.2, 0.25) is 0 Å². The number of sulfone groups is 1. The summed E-state index contributed by atoms with van der Waals surface area (Å²) in [6.07, 6.45) is 1.69. The smallest absolute Gasteiger partial charge is 0.153 e. The zero-order valence-corrected chi connectivity index (χ0v) is 13.8. The van der Waals surface area contributed by atoms with Crippen molar-refractivity contribution in [2.45, 2.75) is 18.6 Å². The Hall–Kier alpha value is -1.64. The van der Waals surface area contributed by atoms with Gasteiger partial charge >= 0.3 is 0 Å². The van der Waals surface area contributed by atoms with Crippen LogP contribution in [-0.4, -0.2) is 72.1 Å². The van der Waals surface area contributed by atoms with Crippen molar-refractivity contribution in [2.24, 2.45) is 0 Å². The van der Waals surface area contributed by atoms with Crippen LogP contribution in [0.5, 0.6) is 0 Å². The van der Waals surface area contributed by atoms with Gasteiger partial charge in [-0.2, -0.15) is 5.10 Å². The number of piperazine rings is 1. The van der Waals surface area contributed by atoms with Crippen LogP contribution in [0.15, 0.2) is 28.8 Å². The summed E-state index contributed by atoms with van der Waals surface area (Å²) in [7, 11) is -0.931. The number of hydrogen-bond donors (Lipinski definition) is 1. The van der Waals surface area contributed by atoms with Gasteiger partial charge in [-0.3, -0.25) is 14.9 Å². The van der Waals surface area contributed by atoms with E-state index in [1.807, 2.05) is 25.2 Å². The van der Waals surface area contributed by atoms with Crippen molar-refractivity contribution >= 4 is 9.84 Å². The zero-order valence-electron chi connectivity index (χ0n) is 13.0. The molecule has 4 heterocycles. The quantitative estimate of drug-likeness (QED) is 0.883. The van der Waals surface area contributed by atoms with Gasteiger partial charge in [-0.15, -0.1) is 0 Å². The first kappa shape index (κ1) is 14.9. The largest absolute Gasteiger partial charge is 0.458 e. The maximum absolute atomic E-state index is 12.0. The van der Waals surface area contributed by atoms with Crippen LogP contribution in [0.3, 0.4) is 0 Å². The van der Waals surface area contributed by atoms with Crippen LogP contribution < -0.4 is 0 Å². The van der Waals surface area contributed by atoms with Crippen LogP contribution in [-0.2, 0) is 16.4 Å². The number of fused-ring (bicyclic) bond motifs is 1. The number of nitrogens with zero attached hydrogens (tertiary/aromatic N) is 3. The van der Waals surface area contributed by atoms with E-state index in [1.54, 1.807) is 6.20 Å². The second-order valence-corrected chi connectivity index (χ2v) is 8.55. The Morgan fingerprint density at radius 2 is 2.09 bits per heavy atom. The van der Waals surface area contributed by atoms with Gasteiger partial charge in [0.1, 0.15) is 11.5 Å². The lowest BCUT2D eigenvalue weighted by Gasteiger charge is -2.41. The standard InChI is InChI=1S/C15H20N4O3S/c1-18-6-7-19(14-10-23(20,21)9-13(14)18)8-11-2-3-15(22-11)12-4-5-16-17-12/h2-5,13-14H,6-10H2,1H3,(H,16,17)/t13-,14+/m1/s1. The molecule has 8 heteroatoms. The fourth-order valence-corrected chi connectivity index (χ4v) is 5.68. The van der Waals surface area contributed by atoms with Crippen LogP contribution in [0.4, 0.5) is 0 Å². The van der Waals surface area contributed by atoms with Crippen molar-refractivity contribution in [3.63, 3.8) is 0 Å². The third-order valence-corrected chi connectivity index (χ3v) is 6.55. The average molecular weight is 336 g/mol. The first-order chi connectivity index (χ1) is 11.0. The molecular weight excluding hydrogens is 316 g/mol. The van der Waals surface area contributed by atoms with Crippen molar-refractivity contribution < 1.29 is 12.8 Å². The molecule has 1 N–H and O–H groups in total. The van der Waals surface area contributed by atoms with E-state index in [1.165, 1.54) is 0 Å². The molecule has 2 atom stereocenters. The number of hydrogen-bond acceptors (Lipinski definition) is 6. The topological polar surface area (TPSA) is 82.4 Å². The van der Waals surface area contributed by atoms with Crippen molar-refractivity contribution in [3.05, 3.63) is 30.2 Å². The molecule has 2 aromatic heterocycles. The summed E-state index contributed by atoms with van der Waals surface area (Å²) < 4.78 is 29.9. The van der Waals surface area contributed by atoms with E-state index in [4.69, 9.17) is 4.42 Å². The van der Waals surface area contributed by atoms with Crippen molar-refractivity contribution in [1.29, 1.82) is 0 Å². The van der Waals surface area contributed by atoms with Crippen LogP contribution >= 0.6 is 0 Å². The van der Waals surface area contributed by atoms with Gasteiger partial charge in [0.25, 0.3) is 0 Å². The maximum Gasteiger partial charge on any atom is 0.153 e. The number of aromatic nitrogens is 2. The summed E-state index contributed by atoms with van der Waals surface area (Å²) in [5, 5.41) is 6.80. The summed E-state index contributed by atoms with van der Waals surface area (Å²) in [6.45, 7) is 2.37. The Morgan fingerprint density at radius 3 is 2.87 bits per heavy atom. The van der Waals surface area contributed by atoms with Gasteiger partial charge in [0.05, 0.1) is 18.1 Å². The molecule has 0 aromatic carbocycles. The Morgan fingerprint density at radius 1 is 1.26 bits per heavy atom. The molecule has 4 rings (SSSR count). The third-order valence-electron chi connectivity index (χ3n) is 4.86. The molecule has 0 unspecified atom stereocenters. The minimum atomic E-state index is -2.94. The Bertz CT molecular complexity index is 784. The molecule has 0 saturated carbocycles. The summed E-state index contributed by atoms with van der Waals surface area (Å²) in [4.78, 5) is 4.41. The molecule has 7 nitrogen and oxygen atoms in total. The fraction of sp³-hybridized carbons (Fsp3) is 0.533. The molecule has 0 bridgehead atoms. The lowest BCUT2D eigenvalue weighted by molar-refractivity contribution is 0.0527. The number of likely N-dealkylation sites (N-methyl/N-ethyl adjacent to an activating group) is 1. The highest BCUT2D eigenvalue weighted by Crippen LogP contribution is 2.28. The number of nitrogens with one attached hydrogen (secondary N) is 1. The molecule has 0 radical (unpaired) electrons. The summed E-state index contributed by atoms with van der Waals surface area (Å²) in [6, 6.07) is 5.88. The molecule has 2 aliphatic rings. The summed E-state index contributed by atoms with van der Waals surface area (Å²) in [5.74, 6) is 2.11. The zero-order chi connectivity index (χ0) is 16.0. The maximum atomic E-state index is 12.0. The van der Waals surface area contributed by atoms with Gasteiger partial charge in [0.15, 0.2) is 15.6 Å². The summed E-state index contributed by atoms with van der Waals surface area (Å²) >= 11 is 0. The average Bonchev–Trinajstić information content (AvgIpc) is 3.20. The fourth-order valence-electron chi connectivity index (χ4n) is 3.60. The molecule has 23 heavy (non-hydrogen) atoms. The van der Waals surface area contributed by atoms with E-state index >= 15 is 0 Å². The van der Waals surface area contributed by atoms with E-state index in [0.29, 0.717) is 6.54 Å². The first-order valence-electron chi connectivity index (χ1n) is 7.75. The lowest BCUT2D eigenvalue weighted by atomic mass is 10.1. The van der Waals surface area contributed by atoms with Crippen LogP contribution in [0, 0.1) is 0 Å². The third kappa shape index (κ3) is 2.82. The van der Waals surface area contributed by atoms with Gasteiger partial charge < -0.3 is 4.42 Å². The Balaban J connectivity index is 1.52. The van der Waals surface area contributed by atoms with E-state index in [0.717, 1.165) is 30.3 Å². The highest BCUT2D eigenvalue weighted by Gasteiger charge is 2.45. The van der Waals surface area contributed by atoms with Crippen LogP contribution in [0.25, 0.3) is 11.5 Å². The second-order valence-electron chi connectivity index (χ2n) is 6.40. The van der Waals surface area contributed by atoms with Gasteiger partial charge in [-0.25, -0.2) is 8.42 Å². The van der Waals surface area contributed by atoms with Crippen molar-refractivity contribution in [3.8, 4) is 11.5 Å². The van der Waals surface area contributed by atoms with E-state index in [-0.39, 0.29) is 23.6 Å². The minimum absolute atomic E-state index is 0.0551. The van der Waals surface area contributed by atoms with Crippen molar-refractivity contribution in [1.82, 2.24) is 20.0 Å². The highest BCUT2D eigenvalue weighted by atomic mass is 32.2. The normalized spacial score (nSPS) is 28.0. The molecule has 124 valence electrons. The Kier molecular flexibility index (Phi) is 3.55. The number of rotatable bonds is 3. The lowest BCUT2D eigenvalue weighted by Crippen LogP contribution is -2.57. The molecule has 2 saturated heterocycles. The first-order valence-corrected chi connectivity index (χ1v) is 9.57. The predicted molar refractivity (Wildman–Crippen MR) is 85.6 cm³/mol. The summed E-state index contributed by atoms with van der Waals surface area (Å²) in [5.41, 5.74) is 0.843.